The van der Waals surface area contributed by atoms with Crippen molar-refractivity contribution in [3.05, 3.63) is 47.5 Å². The van der Waals surface area contributed by atoms with Crippen molar-refractivity contribution in [3.8, 4) is 23.0 Å². The molecule has 0 aliphatic carbocycles. The Morgan fingerprint density at radius 2 is 0.644 bits per heavy atom. The molecule has 2 N–H and O–H groups in total. The van der Waals surface area contributed by atoms with Crippen molar-refractivity contribution in [2.24, 2.45) is 9.98 Å². The number of aromatic hydroxyl groups is 2. The van der Waals surface area contributed by atoms with Gasteiger partial charge in [0.15, 0.2) is 0 Å². The molecule has 7 heteroatoms. The predicted octanol–water partition coefficient (Wildman–Crippen LogP) is 16.0. The number of phenolic OH excluding ortho intramolecular Hbond substituents is 2. The summed E-state index contributed by atoms with van der Waals surface area (Å²) in [5.41, 5.74) is 1.38. The summed E-state index contributed by atoms with van der Waals surface area (Å²) in [6.07, 6.45) is 43.2. The van der Waals surface area contributed by atoms with Crippen molar-refractivity contribution >= 4 is 11.7 Å². The van der Waals surface area contributed by atoms with E-state index in [1.807, 2.05) is 24.3 Å². The number of phenols is 2. The molecule has 0 spiro atoms. The molecule has 2 aromatic rings. The minimum Gasteiger partial charge on any atom is -0.507 e. The Morgan fingerprint density at radius 1 is 0.390 bits per heavy atom. The van der Waals surface area contributed by atoms with Crippen LogP contribution in [-0.2, 0) is 29.9 Å². The zero-order valence-electron chi connectivity index (χ0n) is 37.9. The van der Waals surface area contributed by atoms with Gasteiger partial charge in [-0.15, -0.1) is 0 Å². The Kier molecular flexibility index (Phi) is 37.5. The summed E-state index contributed by atoms with van der Waals surface area (Å²) < 4.78 is 11.8. The van der Waals surface area contributed by atoms with Gasteiger partial charge in [0.05, 0.1) is 38.0 Å². The van der Waals surface area contributed by atoms with E-state index in [4.69, 9.17) is 9.47 Å². The summed E-state index contributed by atoms with van der Waals surface area (Å²) >= 11 is 0. The van der Waals surface area contributed by atoms with Crippen LogP contribution in [0.2, 0.25) is 0 Å². The number of hydrogen-bond acceptors (Lipinski definition) is 6. The van der Waals surface area contributed by atoms with E-state index in [0.29, 0.717) is 35.8 Å². The third kappa shape index (κ3) is 31.8. The third-order valence-electron chi connectivity index (χ3n) is 11.4. The summed E-state index contributed by atoms with van der Waals surface area (Å²) in [6.45, 7) is 6.44. The number of rotatable bonds is 40. The van der Waals surface area contributed by atoms with Crippen molar-refractivity contribution in [2.75, 3.05) is 13.2 Å². The quantitative estimate of drug-likeness (QED) is 0.0516. The number of benzene rings is 2. The van der Waals surface area contributed by atoms with E-state index in [-0.39, 0.29) is 41.4 Å². The topological polar surface area (TPSA) is 83.6 Å². The molecule has 0 aliphatic rings. The maximum atomic E-state index is 10.5. The molecule has 59 heavy (non-hydrogen) atoms. The molecular formula is C52H86CoN2O4. The molecule has 0 amide bonds. The second-order valence-corrected chi connectivity index (χ2v) is 16.7. The van der Waals surface area contributed by atoms with E-state index in [2.05, 4.69) is 35.6 Å². The SMILES string of the molecule is CCCCCCCCCCCCCCCCCCOc1ccc(CN=C=C=NCc2ccc(OCCCCCCCCCCCCCCCCCC)cc2O)c(O)c1.[Co]. The van der Waals surface area contributed by atoms with E-state index < -0.39 is 0 Å². The maximum Gasteiger partial charge on any atom is 0.124 e. The van der Waals surface area contributed by atoms with Crippen LogP contribution in [0, 0.1) is 0 Å². The van der Waals surface area contributed by atoms with Crippen molar-refractivity contribution in [3.63, 3.8) is 0 Å². The first-order valence-corrected chi connectivity index (χ1v) is 24.4. The normalized spacial score (nSPS) is 10.8. The van der Waals surface area contributed by atoms with Crippen LogP contribution in [0.4, 0.5) is 0 Å². The monoisotopic (exact) mass is 862 g/mol. The van der Waals surface area contributed by atoms with E-state index in [9.17, 15) is 10.2 Å². The first kappa shape index (κ1) is 54.3. The fourth-order valence-corrected chi connectivity index (χ4v) is 7.53. The zero-order chi connectivity index (χ0) is 41.4. The van der Waals surface area contributed by atoms with Crippen molar-refractivity contribution < 1.29 is 36.5 Å². The number of unbranched alkanes of at least 4 members (excludes halogenated alkanes) is 30. The Bertz CT molecular complexity index is 1250. The molecule has 0 bridgehead atoms. The average molecular weight is 862 g/mol. The first-order valence-electron chi connectivity index (χ1n) is 24.4. The minimum absolute atomic E-state index is 0. The van der Waals surface area contributed by atoms with Gasteiger partial charge in [-0.1, -0.05) is 206 Å². The van der Waals surface area contributed by atoms with Gasteiger partial charge < -0.3 is 19.7 Å². The standard InChI is InChI=1S/C52H86N2O4.Co/c1-3-5-7-9-11-13-15-17-19-21-23-25-27-29-31-33-41-57-49-37-35-47(51(55)43-49)45-53-39-40-54-46-48-36-38-50(44-52(48)56)58-42-34-32-30-28-26-24-22-20-18-16-14-12-10-8-6-4-2;/h35-38,43-44,55-56H,3-34,41-42,45-46H2,1-2H3;. The Hall–Kier alpha value is -2.69. The van der Waals surface area contributed by atoms with Crippen LogP contribution in [0.25, 0.3) is 0 Å². The molecule has 0 atom stereocenters. The van der Waals surface area contributed by atoms with Gasteiger partial charge in [0, 0.05) is 40.0 Å². The molecule has 0 aromatic heterocycles. The average Bonchev–Trinajstić information content (AvgIpc) is 3.22. The second-order valence-electron chi connectivity index (χ2n) is 16.7. The van der Waals surface area contributed by atoms with Crippen LogP contribution in [0.15, 0.2) is 46.4 Å². The molecule has 0 saturated heterocycles. The van der Waals surface area contributed by atoms with Gasteiger partial charge in [-0.2, -0.15) is 0 Å². The number of ether oxygens (including phenoxy) is 2. The first-order chi connectivity index (χ1) is 28.6. The third-order valence-corrected chi connectivity index (χ3v) is 11.4. The molecule has 6 nitrogen and oxygen atoms in total. The smallest absolute Gasteiger partial charge is 0.124 e. The van der Waals surface area contributed by atoms with Gasteiger partial charge in [-0.05, 0) is 37.1 Å². The van der Waals surface area contributed by atoms with E-state index in [0.717, 1.165) is 12.8 Å². The van der Waals surface area contributed by atoms with Crippen LogP contribution in [-0.4, -0.2) is 35.2 Å². The fourth-order valence-electron chi connectivity index (χ4n) is 7.53. The van der Waals surface area contributed by atoms with Gasteiger partial charge in [0.25, 0.3) is 0 Å². The van der Waals surface area contributed by atoms with E-state index in [1.54, 1.807) is 12.1 Å². The molecule has 0 aliphatic heterocycles. The van der Waals surface area contributed by atoms with Crippen LogP contribution < -0.4 is 9.47 Å². The Morgan fingerprint density at radius 3 is 0.898 bits per heavy atom. The van der Waals surface area contributed by atoms with Crippen LogP contribution in [0.5, 0.6) is 23.0 Å². The Labute approximate surface area is 372 Å². The number of aliphatic imine (C=N–C) groups is 2. The van der Waals surface area contributed by atoms with Crippen molar-refractivity contribution in [1.29, 1.82) is 0 Å². The minimum atomic E-state index is 0. The van der Waals surface area contributed by atoms with Crippen LogP contribution >= 0.6 is 0 Å². The molecule has 0 unspecified atom stereocenters. The largest absolute Gasteiger partial charge is 0.507 e. The van der Waals surface area contributed by atoms with Crippen molar-refractivity contribution in [1.82, 2.24) is 0 Å². The van der Waals surface area contributed by atoms with Gasteiger partial charge in [-0.3, -0.25) is 0 Å². The second kappa shape index (κ2) is 40.7. The van der Waals surface area contributed by atoms with E-state index in [1.165, 1.54) is 193 Å². The van der Waals surface area contributed by atoms with Crippen molar-refractivity contribution in [2.45, 2.75) is 232 Å². The van der Waals surface area contributed by atoms with Gasteiger partial charge >= 0.3 is 0 Å². The maximum absolute atomic E-state index is 10.5. The molecule has 1 radical (unpaired) electrons. The summed E-state index contributed by atoms with van der Waals surface area (Å²) in [5.74, 6) is 7.08. The van der Waals surface area contributed by atoms with Gasteiger partial charge in [-0.25, -0.2) is 9.98 Å². The van der Waals surface area contributed by atoms with Gasteiger partial charge in [0.1, 0.15) is 23.0 Å². The zero-order valence-corrected chi connectivity index (χ0v) is 38.9. The van der Waals surface area contributed by atoms with E-state index >= 15 is 0 Å². The van der Waals surface area contributed by atoms with Crippen LogP contribution in [0.3, 0.4) is 0 Å². The summed E-state index contributed by atoms with van der Waals surface area (Å²) in [6, 6.07) is 10.8. The Balaban J connectivity index is 0.0000174. The molecule has 2 aromatic carbocycles. The summed E-state index contributed by atoms with van der Waals surface area (Å²) in [5, 5.41) is 20.9. The summed E-state index contributed by atoms with van der Waals surface area (Å²) in [7, 11) is 0. The molecule has 2 rings (SSSR count). The molecule has 0 heterocycles. The molecule has 0 saturated carbocycles. The predicted molar refractivity (Wildman–Crippen MR) is 249 cm³/mol. The van der Waals surface area contributed by atoms with Crippen LogP contribution in [0.1, 0.15) is 230 Å². The molecule has 0 fully saturated rings. The number of nitrogens with zero attached hydrogens (tertiary/aromatic N) is 2. The van der Waals surface area contributed by atoms with Gasteiger partial charge in [0.2, 0.25) is 0 Å². The molecule has 337 valence electrons. The summed E-state index contributed by atoms with van der Waals surface area (Å²) in [4.78, 5) is 8.41. The molecular weight excluding hydrogens is 776 g/mol. The fraction of sp³-hybridized carbons (Fsp3) is 0.731. The number of hydrogen-bond donors (Lipinski definition) is 2.